The fourth-order valence-electron chi connectivity index (χ4n) is 1.68. The Bertz CT molecular complexity index is 376. The Morgan fingerprint density at radius 3 is 3.07 bits per heavy atom. The first-order chi connectivity index (χ1) is 6.66. The number of nitrogens with two attached hydrogens (primary N) is 1. The second-order valence-electron chi connectivity index (χ2n) is 3.53. The van der Waals surface area contributed by atoms with Gasteiger partial charge < -0.3 is 16.2 Å². The second-order valence-corrected chi connectivity index (χ2v) is 3.53. The van der Waals surface area contributed by atoms with Crippen LogP contribution in [0.5, 0.6) is 5.75 Å². The van der Waals surface area contributed by atoms with Crippen molar-refractivity contribution in [2.24, 2.45) is 11.7 Å². The topological polar surface area (TPSA) is 75.4 Å². The van der Waals surface area contributed by atoms with Crippen molar-refractivity contribution in [2.75, 3.05) is 11.9 Å². The molecule has 0 aromatic heterocycles. The third kappa shape index (κ3) is 1.51. The average molecular weight is 192 g/mol. The van der Waals surface area contributed by atoms with Crippen LogP contribution in [0, 0.1) is 5.92 Å². The number of carbonyl (C=O) groups excluding carboxylic acids is 1. The molecule has 14 heavy (non-hydrogen) atoms. The fraction of sp³-hybridized carbons (Fsp3) is 0.300. The van der Waals surface area contributed by atoms with E-state index >= 15 is 0 Å². The molecule has 0 radical (unpaired) electrons. The lowest BCUT2D eigenvalue weighted by Crippen LogP contribution is -2.34. The molecule has 0 saturated carbocycles. The molecule has 0 bridgehead atoms. The third-order valence-electron chi connectivity index (χ3n) is 2.50. The van der Waals surface area contributed by atoms with E-state index < -0.39 is 0 Å². The maximum absolute atomic E-state index is 11.0. The van der Waals surface area contributed by atoms with E-state index in [-0.39, 0.29) is 17.6 Å². The van der Waals surface area contributed by atoms with Gasteiger partial charge in [-0.1, -0.05) is 6.07 Å². The van der Waals surface area contributed by atoms with Crippen molar-refractivity contribution in [3.63, 3.8) is 0 Å². The zero-order valence-electron chi connectivity index (χ0n) is 7.66. The van der Waals surface area contributed by atoms with Crippen molar-refractivity contribution >= 4 is 11.6 Å². The fourth-order valence-corrected chi connectivity index (χ4v) is 1.68. The summed E-state index contributed by atoms with van der Waals surface area (Å²) in [6.45, 7) is 0.547. The first-order valence-corrected chi connectivity index (χ1v) is 4.52. The molecule has 1 aromatic carbocycles. The van der Waals surface area contributed by atoms with Gasteiger partial charge in [0.2, 0.25) is 5.91 Å². The number of phenolic OH excluding ortho intramolecular Hbond substituents is 1. The molecule has 2 rings (SSSR count). The first kappa shape index (κ1) is 8.87. The van der Waals surface area contributed by atoms with E-state index in [0.29, 0.717) is 13.0 Å². The highest BCUT2D eigenvalue weighted by molar-refractivity contribution is 5.79. The Labute approximate surface area is 81.7 Å². The van der Waals surface area contributed by atoms with E-state index in [1.807, 2.05) is 6.07 Å². The number of nitrogens with one attached hydrogen (secondary N) is 1. The molecule has 4 N–H and O–H groups in total. The molecule has 74 valence electrons. The quantitative estimate of drug-likeness (QED) is 0.605. The largest absolute Gasteiger partial charge is 0.508 e. The lowest BCUT2D eigenvalue weighted by Gasteiger charge is -2.23. The third-order valence-corrected chi connectivity index (χ3v) is 2.50. The molecule has 0 fully saturated rings. The zero-order valence-corrected chi connectivity index (χ0v) is 7.66. The minimum Gasteiger partial charge on any atom is -0.508 e. The lowest BCUT2D eigenvalue weighted by atomic mass is 9.93. The molecule has 1 aliphatic heterocycles. The van der Waals surface area contributed by atoms with E-state index in [1.54, 1.807) is 12.1 Å². The number of benzene rings is 1. The second kappa shape index (κ2) is 3.21. The maximum atomic E-state index is 11.0. The van der Waals surface area contributed by atoms with E-state index in [4.69, 9.17) is 5.73 Å². The van der Waals surface area contributed by atoms with Crippen LogP contribution < -0.4 is 11.1 Å². The van der Waals surface area contributed by atoms with Gasteiger partial charge in [-0.2, -0.15) is 0 Å². The van der Waals surface area contributed by atoms with Crippen LogP contribution in [-0.4, -0.2) is 17.6 Å². The van der Waals surface area contributed by atoms with Crippen molar-refractivity contribution in [3.05, 3.63) is 23.8 Å². The minimum atomic E-state index is -0.281. The molecule has 1 atom stereocenters. The number of anilines is 1. The van der Waals surface area contributed by atoms with Crippen molar-refractivity contribution in [3.8, 4) is 5.75 Å². The maximum Gasteiger partial charge on any atom is 0.222 e. The van der Waals surface area contributed by atoms with Gasteiger partial charge in [-0.05, 0) is 18.1 Å². The molecule has 4 heteroatoms. The molecular weight excluding hydrogens is 180 g/mol. The Balaban J connectivity index is 2.27. The summed E-state index contributed by atoms with van der Waals surface area (Å²) in [7, 11) is 0. The Hall–Kier alpha value is -1.71. The molecule has 1 unspecified atom stereocenters. The molecular formula is C10H12N2O2. The van der Waals surface area contributed by atoms with Crippen LogP contribution >= 0.6 is 0 Å². The van der Waals surface area contributed by atoms with Crippen LogP contribution in [-0.2, 0) is 11.2 Å². The van der Waals surface area contributed by atoms with Crippen LogP contribution in [0.3, 0.4) is 0 Å². The molecule has 1 aromatic rings. The van der Waals surface area contributed by atoms with E-state index in [1.165, 1.54) is 0 Å². The number of hydrogen-bond donors (Lipinski definition) is 3. The predicted octanol–water partition coefficient (Wildman–Crippen LogP) is 0.462. The molecule has 1 heterocycles. The summed E-state index contributed by atoms with van der Waals surface area (Å²) in [5, 5.41) is 12.3. The van der Waals surface area contributed by atoms with Crippen molar-refractivity contribution in [1.29, 1.82) is 0 Å². The molecule has 4 nitrogen and oxygen atoms in total. The summed E-state index contributed by atoms with van der Waals surface area (Å²) in [6.07, 6.45) is 0.651. The van der Waals surface area contributed by atoms with Gasteiger partial charge in [0.15, 0.2) is 0 Å². The number of phenols is 1. The zero-order chi connectivity index (χ0) is 10.1. The number of carbonyl (C=O) groups is 1. The van der Waals surface area contributed by atoms with Crippen LogP contribution in [0.15, 0.2) is 18.2 Å². The van der Waals surface area contributed by atoms with Crippen molar-refractivity contribution in [2.45, 2.75) is 6.42 Å². The Morgan fingerprint density at radius 1 is 1.57 bits per heavy atom. The van der Waals surface area contributed by atoms with Gasteiger partial charge in [0.05, 0.1) is 5.92 Å². The van der Waals surface area contributed by atoms with Gasteiger partial charge >= 0.3 is 0 Å². The monoisotopic (exact) mass is 192 g/mol. The number of primary amides is 1. The van der Waals surface area contributed by atoms with Crippen LogP contribution in [0.2, 0.25) is 0 Å². The Morgan fingerprint density at radius 2 is 2.36 bits per heavy atom. The van der Waals surface area contributed by atoms with Gasteiger partial charge in [0.1, 0.15) is 5.75 Å². The van der Waals surface area contributed by atoms with Gasteiger partial charge in [0, 0.05) is 18.3 Å². The van der Waals surface area contributed by atoms with Crippen molar-refractivity contribution < 1.29 is 9.90 Å². The van der Waals surface area contributed by atoms with Gasteiger partial charge in [0.25, 0.3) is 0 Å². The van der Waals surface area contributed by atoms with Gasteiger partial charge in [-0.25, -0.2) is 0 Å². The highest BCUT2D eigenvalue weighted by atomic mass is 16.3. The smallest absolute Gasteiger partial charge is 0.222 e. The number of aromatic hydroxyl groups is 1. The highest BCUT2D eigenvalue weighted by Crippen LogP contribution is 2.27. The first-order valence-electron chi connectivity index (χ1n) is 4.52. The SMILES string of the molecule is NC(=O)C1CNc2cc(O)ccc2C1. The van der Waals surface area contributed by atoms with Crippen LogP contribution in [0.1, 0.15) is 5.56 Å². The Kier molecular flexibility index (Phi) is 2.04. The highest BCUT2D eigenvalue weighted by Gasteiger charge is 2.22. The van der Waals surface area contributed by atoms with E-state index in [0.717, 1.165) is 11.3 Å². The van der Waals surface area contributed by atoms with Gasteiger partial charge in [-0.15, -0.1) is 0 Å². The summed E-state index contributed by atoms with van der Waals surface area (Å²) in [4.78, 5) is 11.0. The summed E-state index contributed by atoms with van der Waals surface area (Å²) >= 11 is 0. The molecule has 1 aliphatic rings. The van der Waals surface area contributed by atoms with E-state index in [9.17, 15) is 9.90 Å². The normalized spacial score (nSPS) is 19.6. The number of fused-ring (bicyclic) bond motifs is 1. The van der Waals surface area contributed by atoms with E-state index in [2.05, 4.69) is 5.32 Å². The number of amides is 1. The summed E-state index contributed by atoms with van der Waals surface area (Å²) < 4.78 is 0. The van der Waals surface area contributed by atoms with Gasteiger partial charge in [-0.3, -0.25) is 4.79 Å². The standard InChI is InChI=1S/C10H12N2O2/c11-10(14)7-3-6-1-2-8(13)4-9(6)12-5-7/h1-2,4,7,12-13H,3,5H2,(H2,11,14). The minimum absolute atomic E-state index is 0.146. The molecule has 0 spiro atoms. The lowest BCUT2D eigenvalue weighted by molar-refractivity contribution is -0.121. The average Bonchev–Trinajstić information content (AvgIpc) is 2.16. The molecule has 1 amide bonds. The van der Waals surface area contributed by atoms with Crippen LogP contribution in [0.25, 0.3) is 0 Å². The summed E-state index contributed by atoms with van der Waals surface area (Å²) in [6, 6.07) is 5.09. The van der Waals surface area contributed by atoms with Crippen LogP contribution in [0.4, 0.5) is 5.69 Å². The predicted molar refractivity (Wildman–Crippen MR) is 53.0 cm³/mol. The molecule has 0 aliphatic carbocycles. The number of rotatable bonds is 1. The summed E-state index contributed by atoms with van der Waals surface area (Å²) in [5.41, 5.74) is 7.14. The summed E-state index contributed by atoms with van der Waals surface area (Å²) in [5.74, 6) is -0.197. The molecule has 0 saturated heterocycles. The number of hydrogen-bond acceptors (Lipinski definition) is 3. The van der Waals surface area contributed by atoms with Crippen molar-refractivity contribution in [1.82, 2.24) is 0 Å².